The Morgan fingerprint density at radius 3 is 2.86 bits per heavy atom. The molecule has 0 aromatic carbocycles. The Morgan fingerprint density at radius 2 is 2.18 bits per heavy atom. The Kier molecular flexibility index (Phi) is 4.20. The number of morpholine rings is 1. The second-order valence-corrected chi connectivity index (χ2v) is 5.38. The van der Waals surface area contributed by atoms with E-state index in [1.54, 1.807) is 12.4 Å². The molecule has 2 aromatic rings. The monoisotopic (exact) mass is 300 g/mol. The van der Waals surface area contributed by atoms with Gasteiger partial charge in [-0.3, -0.25) is 14.5 Å². The molecule has 1 aliphatic heterocycles. The van der Waals surface area contributed by atoms with Crippen molar-refractivity contribution < 1.29 is 9.53 Å². The number of pyridine rings is 1. The van der Waals surface area contributed by atoms with Gasteiger partial charge in [0.2, 0.25) is 0 Å². The van der Waals surface area contributed by atoms with Crippen molar-refractivity contribution in [2.45, 2.75) is 26.5 Å². The Hall–Kier alpha value is -2.21. The maximum atomic E-state index is 12.6. The zero-order valence-corrected chi connectivity index (χ0v) is 12.9. The number of hydrogen-bond donors (Lipinski definition) is 0. The number of amides is 1. The Labute approximate surface area is 129 Å². The summed E-state index contributed by atoms with van der Waals surface area (Å²) in [7, 11) is 0. The van der Waals surface area contributed by atoms with Crippen LogP contribution in [0.2, 0.25) is 0 Å². The van der Waals surface area contributed by atoms with E-state index in [9.17, 15) is 4.79 Å². The van der Waals surface area contributed by atoms with Gasteiger partial charge in [0.15, 0.2) is 5.69 Å². The molecule has 0 spiro atoms. The lowest BCUT2D eigenvalue weighted by Gasteiger charge is -2.32. The predicted molar refractivity (Wildman–Crippen MR) is 81.5 cm³/mol. The standard InChI is InChI=1S/C16H20N4O2/c1-3-20-12(2)10-14(18-20)16(21)19-8-9-22-15(11-19)13-4-6-17-7-5-13/h4-7,10,15H,3,8-9,11H2,1-2H3/t15-/m1/s1. The van der Waals surface area contributed by atoms with Crippen LogP contribution in [0.1, 0.15) is 34.8 Å². The minimum Gasteiger partial charge on any atom is -0.370 e. The maximum Gasteiger partial charge on any atom is 0.274 e. The van der Waals surface area contributed by atoms with Crippen LogP contribution in [0.3, 0.4) is 0 Å². The molecule has 6 heteroatoms. The molecule has 1 fully saturated rings. The first-order valence-corrected chi connectivity index (χ1v) is 7.54. The fourth-order valence-corrected chi connectivity index (χ4v) is 2.71. The van der Waals surface area contributed by atoms with Crippen LogP contribution in [0.15, 0.2) is 30.6 Å². The first-order chi connectivity index (χ1) is 10.7. The van der Waals surface area contributed by atoms with Gasteiger partial charge < -0.3 is 9.64 Å². The number of carbonyl (C=O) groups is 1. The highest BCUT2D eigenvalue weighted by Crippen LogP contribution is 2.22. The molecule has 6 nitrogen and oxygen atoms in total. The van der Waals surface area contributed by atoms with Crippen molar-refractivity contribution >= 4 is 5.91 Å². The summed E-state index contributed by atoms with van der Waals surface area (Å²) in [6, 6.07) is 5.70. The highest BCUT2D eigenvalue weighted by Gasteiger charge is 2.27. The fourth-order valence-electron chi connectivity index (χ4n) is 2.71. The second-order valence-electron chi connectivity index (χ2n) is 5.38. The largest absolute Gasteiger partial charge is 0.370 e. The smallest absolute Gasteiger partial charge is 0.274 e. The summed E-state index contributed by atoms with van der Waals surface area (Å²) < 4.78 is 7.62. The third kappa shape index (κ3) is 2.87. The van der Waals surface area contributed by atoms with Crippen LogP contribution in [0, 0.1) is 6.92 Å². The van der Waals surface area contributed by atoms with Gasteiger partial charge in [-0.25, -0.2) is 0 Å². The number of aryl methyl sites for hydroxylation is 2. The van der Waals surface area contributed by atoms with Crippen LogP contribution in [-0.4, -0.2) is 45.3 Å². The Bertz CT molecular complexity index is 653. The van der Waals surface area contributed by atoms with Crippen molar-refractivity contribution in [3.8, 4) is 0 Å². The van der Waals surface area contributed by atoms with E-state index in [0.717, 1.165) is 17.8 Å². The molecule has 1 amide bonds. The molecule has 3 heterocycles. The number of ether oxygens (including phenoxy) is 1. The van der Waals surface area contributed by atoms with Crippen LogP contribution < -0.4 is 0 Å². The average Bonchev–Trinajstić information content (AvgIpc) is 2.96. The molecule has 0 bridgehead atoms. The summed E-state index contributed by atoms with van der Waals surface area (Å²) >= 11 is 0. The van der Waals surface area contributed by atoms with Crippen LogP contribution >= 0.6 is 0 Å². The van der Waals surface area contributed by atoms with E-state index < -0.39 is 0 Å². The van der Waals surface area contributed by atoms with Crippen molar-refractivity contribution in [2.75, 3.05) is 19.7 Å². The molecule has 116 valence electrons. The van der Waals surface area contributed by atoms with Crippen LogP contribution in [-0.2, 0) is 11.3 Å². The van der Waals surface area contributed by atoms with Gasteiger partial charge in [-0.2, -0.15) is 5.10 Å². The molecule has 1 atom stereocenters. The molecule has 0 N–H and O–H groups in total. The SMILES string of the molecule is CCn1nc(C(=O)N2CCO[C@@H](c3ccncc3)C2)cc1C. The van der Waals surface area contributed by atoms with Gasteiger partial charge in [0.25, 0.3) is 5.91 Å². The Balaban J connectivity index is 1.75. The number of rotatable bonds is 3. The van der Waals surface area contributed by atoms with E-state index in [1.165, 1.54) is 0 Å². The van der Waals surface area contributed by atoms with Gasteiger partial charge >= 0.3 is 0 Å². The van der Waals surface area contributed by atoms with Crippen molar-refractivity contribution in [1.82, 2.24) is 19.7 Å². The maximum absolute atomic E-state index is 12.6. The molecule has 22 heavy (non-hydrogen) atoms. The molecule has 1 saturated heterocycles. The minimum absolute atomic E-state index is 0.0299. The molecule has 0 saturated carbocycles. The lowest BCUT2D eigenvalue weighted by molar-refractivity contribution is -0.0230. The fraction of sp³-hybridized carbons (Fsp3) is 0.438. The van der Waals surface area contributed by atoms with Crippen molar-refractivity contribution in [2.24, 2.45) is 0 Å². The minimum atomic E-state index is -0.102. The van der Waals surface area contributed by atoms with Crippen LogP contribution in [0.25, 0.3) is 0 Å². The molecular weight excluding hydrogens is 280 g/mol. The van der Waals surface area contributed by atoms with Crippen LogP contribution in [0.4, 0.5) is 0 Å². The lowest BCUT2D eigenvalue weighted by atomic mass is 10.1. The summed E-state index contributed by atoms with van der Waals surface area (Å²) in [5.41, 5.74) is 2.56. The summed E-state index contributed by atoms with van der Waals surface area (Å²) in [5, 5.41) is 4.38. The average molecular weight is 300 g/mol. The molecule has 1 aliphatic rings. The van der Waals surface area contributed by atoms with Crippen molar-refractivity contribution in [3.63, 3.8) is 0 Å². The number of nitrogens with zero attached hydrogens (tertiary/aromatic N) is 4. The third-order valence-electron chi connectivity index (χ3n) is 3.93. The molecular formula is C16H20N4O2. The molecule has 0 unspecified atom stereocenters. The zero-order valence-electron chi connectivity index (χ0n) is 12.9. The predicted octanol–water partition coefficient (Wildman–Crippen LogP) is 1.82. The lowest BCUT2D eigenvalue weighted by Crippen LogP contribution is -2.42. The molecule has 2 aromatic heterocycles. The topological polar surface area (TPSA) is 60.2 Å². The molecule has 0 aliphatic carbocycles. The summed E-state index contributed by atoms with van der Waals surface area (Å²) in [4.78, 5) is 18.5. The van der Waals surface area contributed by atoms with Gasteiger partial charge in [-0.15, -0.1) is 0 Å². The summed E-state index contributed by atoms with van der Waals surface area (Å²) in [6.07, 6.45) is 3.38. The Morgan fingerprint density at radius 1 is 1.41 bits per heavy atom. The zero-order chi connectivity index (χ0) is 15.5. The number of carbonyl (C=O) groups excluding carboxylic acids is 1. The summed E-state index contributed by atoms with van der Waals surface area (Å²) in [5.74, 6) is -0.0299. The van der Waals surface area contributed by atoms with Gasteiger partial charge in [-0.05, 0) is 37.6 Å². The molecule has 3 rings (SSSR count). The summed E-state index contributed by atoms with van der Waals surface area (Å²) in [6.45, 7) is 6.42. The van der Waals surface area contributed by atoms with E-state index in [0.29, 0.717) is 25.4 Å². The van der Waals surface area contributed by atoms with E-state index in [1.807, 2.05) is 41.6 Å². The van der Waals surface area contributed by atoms with Crippen LogP contribution in [0.5, 0.6) is 0 Å². The van der Waals surface area contributed by atoms with Gasteiger partial charge in [0.1, 0.15) is 6.10 Å². The van der Waals surface area contributed by atoms with Crippen molar-refractivity contribution in [1.29, 1.82) is 0 Å². The quantitative estimate of drug-likeness (QED) is 0.867. The molecule has 0 radical (unpaired) electrons. The normalized spacial score (nSPS) is 18.5. The van der Waals surface area contributed by atoms with Gasteiger partial charge in [0.05, 0.1) is 13.2 Å². The van der Waals surface area contributed by atoms with E-state index >= 15 is 0 Å². The first kappa shape index (κ1) is 14.7. The van der Waals surface area contributed by atoms with E-state index in [4.69, 9.17) is 4.74 Å². The van der Waals surface area contributed by atoms with E-state index in [-0.39, 0.29) is 12.0 Å². The number of aromatic nitrogens is 3. The van der Waals surface area contributed by atoms with Gasteiger partial charge in [0, 0.05) is 31.2 Å². The highest BCUT2D eigenvalue weighted by molar-refractivity contribution is 5.92. The van der Waals surface area contributed by atoms with E-state index in [2.05, 4.69) is 10.1 Å². The second kappa shape index (κ2) is 6.27. The number of hydrogen-bond acceptors (Lipinski definition) is 4. The third-order valence-corrected chi connectivity index (χ3v) is 3.93. The highest BCUT2D eigenvalue weighted by atomic mass is 16.5. The van der Waals surface area contributed by atoms with Crippen molar-refractivity contribution in [3.05, 3.63) is 47.5 Å². The first-order valence-electron chi connectivity index (χ1n) is 7.54. The van der Waals surface area contributed by atoms with Gasteiger partial charge in [-0.1, -0.05) is 0 Å².